The van der Waals surface area contributed by atoms with Crippen LogP contribution < -0.4 is 0 Å². The van der Waals surface area contributed by atoms with Crippen LogP contribution in [0.5, 0.6) is 0 Å². The smallest absolute Gasteiger partial charge is 0.134 e. The van der Waals surface area contributed by atoms with Crippen molar-refractivity contribution in [3.05, 3.63) is 107 Å². The fraction of sp³-hybridized carbons (Fsp3) is 0.120. The van der Waals surface area contributed by atoms with Gasteiger partial charge in [0, 0.05) is 27.7 Å². The van der Waals surface area contributed by atoms with Crippen molar-refractivity contribution in [2.45, 2.75) is 13.1 Å². The zero-order chi connectivity index (χ0) is 20.9. The molecule has 0 atom stereocenters. The molecule has 2 aromatic heterocycles. The van der Waals surface area contributed by atoms with E-state index in [4.69, 9.17) is 32.0 Å². The van der Waals surface area contributed by atoms with Crippen LogP contribution in [-0.2, 0) is 13.1 Å². The molecule has 3 nitrogen and oxygen atoms in total. The highest BCUT2D eigenvalue weighted by Crippen LogP contribution is 2.26. The first kappa shape index (κ1) is 20.5. The summed E-state index contributed by atoms with van der Waals surface area (Å²) < 4.78 is 12.1. The molecular formula is C25H21Cl2NO2. The van der Waals surface area contributed by atoms with Crippen LogP contribution >= 0.6 is 23.2 Å². The number of hydrogen-bond donors (Lipinski definition) is 0. The van der Waals surface area contributed by atoms with E-state index in [1.165, 1.54) is 0 Å². The van der Waals surface area contributed by atoms with E-state index in [1.807, 2.05) is 78.9 Å². The summed E-state index contributed by atoms with van der Waals surface area (Å²) in [7, 11) is 0. The molecule has 30 heavy (non-hydrogen) atoms. The van der Waals surface area contributed by atoms with Crippen LogP contribution in [0.2, 0.25) is 10.0 Å². The van der Waals surface area contributed by atoms with Gasteiger partial charge in [-0.3, -0.25) is 4.90 Å². The third-order valence-corrected chi connectivity index (χ3v) is 5.23. The van der Waals surface area contributed by atoms with Crippen molar-refractivity contribution in [3.8, 4) is 22.6 Å². The van der Waals surface area contributed by atoms with Crippen LogP contribution in [0.4, 0.5) is 0 Å². The van der Waals surface area contributed by atoms with Crippen molar-refractivity contribution in [3.63, 3.8) is 0 Å². The van der Waals surface area contributed by atoms with E-state index >= 15 is 0 Å². The van der Waals surface area contributed by atoms with Crippen LogP contribution in [0, 0.1) is 0 Å². The summed E-state index contributed by atoms with van der Waals surface area (Å²) >= 11 is 11.9. The van der Waals surface area contributed by atoms with Gasteiger partial charge in [-0.2, -0.15) is 0 Å². The predicted octanol–water partition coefficient (Wildman–Crippen LogP) is 7.70. The van der Waals surface area contributed by atoms with Gasteiger partial charge in [0.25, 0.3) is 0 Å². The Morgan fingerprint density at radius 1 is 0.667 bits per heavy atom. The van der Waals surface area contributed by atoms with Crippen molar-refractivity contribution < 1.29 is 8.83 Å². The van der Waals surface area contributed by atoms with Crippen LogP contribution in [0.25, 0.3) is 22.6 Å². The summed E-state index contributed by atoms with van der Waals surface area (Å²) in [6.07, 6.45) is 1.88. The quantitative estimate of drug-likeness (QED) is 0.264. The van der Waals surface area contributed by atoms with E-state index in [1.54, 1.807) is 0 Å². The lowest BCUT2D eigenvalue weighted by atomic mass is 10.2. The highest BCUT2D eigenvalue weighted by atomic mass is 35.5. The van der Waals surface area contributed by atoms with Gasteiger partial charge >= 0.3 is 0 Å². The molecule has 0 bridgehead atoms. The first-order valence-corrected chi connectivity index (χ1v) is 10.4. The number of nitrogens with zero attached hydrogens (tertiary/aromatic N) is 1. The third kappa shape index (κ3) is 5.06. The van der Waals surface area contributed by atoms with E-state index in [0.29, 0.717) is 29.7 Å². The summed E-state index contributed by atoms with van der Waals surface area (Å²) in [4.78, 5) is 2.21. The largest absolute Gasteiger partial charge is 0.460 e. The molecule has 0 saturated carbocycles. The minimum Gasteiger partial charge on any atom is -0.460 e. The highest BCUT2D eigenvalue weighted by Gasteiger charge is 2.13. The number of halogens is 2. The molecule has 0 aliphatic rings. The van der Waals surface area contributed by atoms with Crippen molar-refractivity contribution in [1.29, 1.82) is 0 Å². The molecule has 0 N–H and O–H groups in total. The highest BCUT2D eigenvalue weighted by molar-refractivity contribution is 6.30. The van der Waals surface area contributed by atoms with Crippen molar-refractivity contribution in [1.82, 2.24) is 4.90 Å². The van der Waals surface area contributed by atoms with E-state index in [0.717, 1.165) is 34.2 Å². The van der Waals surface area contributed by atoms with Gasteiger partial charge in [-0.05, 0) is 72.8 Å². The number of rotatable bonds is 8. The Hall–Kier alpha value is -2.72. The first-order valence-electron chi connectivity index (χ1n) is 9.63. The molecule has 0 spiro atoms. The monoisotopic (exact) mass is 437 g/mol. The van der Waals surface area contributed by atoms with Crippen molar-refractivity contribution in [2.75, 3.05) is 6.54 Å². The van der Waals surface area contributed by atoms with Crippen LogP contribution in [0.15, 0.2) is 94.3 Å². The maximum atomic E-state index is 6.05. The molecule has 0 aliphatic carbocycles. The molecule has 0 aliphatic heterocycles. The lowest BCUT2D eigenvalue weighted by Crippen LogP contribution is -2.22. The van der Waals surface area contributed by atoms with Crippen molar-refractivity contribution in [2.24, 2.45) is 0 Å². The molecular weight excluding hydrogens is 417 g/mol. The second kappa shape index (κ2) is 9.40. The predicted molar refractivity (Wildman–Crippen MR) is 123 cm³/mol. The number of benzene rings is 2. The van der Waals surface area contributed by atoms with E-state index in [2.05, 4.69) is 11.5 Å². The second-order valence-electron chi connectivity index (χ2n) is 7.00. The molecule has 0 amide bonds. The fourth-order valence-electron chi connectivity index (χ4n) is 3.27. The van der Waals surface area contributed by atoms with Gasteiger partial charge in [0.05, 0.1) is 13.1 Å². The Balaban J connectivity index is 1.45. The Labute approximate surface area is 186 Å². The molecule has 4 rings (SSSR count). The maximum Gasteiger partial charge on any atom is 0.134 e. The number of furan rings is 2. The Morgan fingerprint density at radius 3 is 1.50 bits per heavy atom. The Bertz CT molecular complexity index is 1030. The summed E-state index contributed by atoms with van der Waals surface area (Å²) in [5.74, 6) is 3.41. The Kier molecular flexibility index (Phi) is 6.44. The number of hydrogen-bond acceptors (Lipinski definition) is 3. The third-order valence-electron chi connectivity index (χ3n) is 4.73. The molecule has 4 aromatic rings. The van der Waals surface area contributed by atoms with Crippen LogP contribution in [-0.4, -0.2) is 11.4 Å². The minimum atomic E-state index is 0.649. The average molecular weight is 438 g/mol. The topological polar surface area (TPSA) is 29.5 Å². The summed E-state index contributed by atoms with van der Waals surface area (Å²) in [6.45, 7) is 5.89. The normalized spacial score (nSPS) is 11.2. The van der Waals surface area contributed by atoms with Crippen LogP contribution in [0.1, 0.15) is 11.5 Å². The fourth-order valence-corrected chi connectivity index (χ4v) is 3.52. The molecule has 2 aromatic carbocycles. The molecule has 0 unspecified atom stereocenters. The molecule has 2 heterocycles. The minimum absolute atomic E-state index is 0.649. The van der Waals surface area contributed by atoms with Gasteiger partial charge in [-0.15, -0.1) is 6.58 Å². The lowest BCUT2D eigenvalue weighted by molar-refractivity contribution is 0.242. The zero-order valence-electron chi connectivity index (χ0n) is 16.4. The SMILES string of the molecule is C=CCN(Cc1ccc(-c2ccc(Cl)cc2)o1)Cc1ccc(-c2ccc(Cl)cc2)o1. The second-order valence-corrected chi connectivity index (χ2v) is 7.88. The standard InChI is InChI=1S/C25H21Cl2NO2/c1-2-15-28(16-22-11-13-24(29-22)18-3-7-20(26)8-4-18)17-23-12-14-25(30-23)19-5-9-21(27)10-6-19/h2-14H,1,15-17H2. The summed E-state index contributed by atoms with van der Waals surface area (Å²) in [5.41, 5.74) is 2.00. The Morgan fingerprint density at radius 2 is 1.10 bits per heavy atom. The summed E-state index contributed by atoms with van der Waals surface area (Å²) in [6, 6.07) is 23.2. The van der Waals surface area contributed by atoms with Gasteiger partial charge in [0.15, 0.2) is 0 Å². The van der Waals surface area contributed by atoms with Gasteiger partial charge in [-0.1, -0.05) is 29.3 Å². The van der Waals surface area contributed by atoms with Gasteiger partial charge in [-0.25, -0.2) is 0 Å². The van der Waals surface area contributed by atoms with E-state index in [9.17, 15) is 0 Å². The van der Waals surface area contributed by atoms with E-state index in [-0.39, 0.29) is 0 Å². The van der Waals surface area contributed by atoms with Gasteiger partial charge in [0.2, 0.25) is 0 Å². The molecule has 152 valence electrons. The maximum absolute atomic E-state index is 6.05. The lowest BCUT2D eigenvalue weighted by Gasteiger charge is -2.18. The molecule has 0 radical (unpaired) electrons. The van der Waals surface area contributed by atoms with Crippen LogP contribution in [0.3, 0.4) is 0 Å². The van der Waals surface area contributed by atoms with E-state index < -0.39 is 0 Å². The van der Waals surface area contributed by atoms with Gasteiger partial charge in [0.1, 0.15) is 23.0 Å². The van der Waals surface area contributed by atoms with Crippen molar-refractivity contribution >= 4 is 23.2 Å². The molecule has 0 fully saturated rings. The summed E-state index contributed by atoms with van der Waals surface area (Å²) in [5, 5.41) is 1.42. The first-order chi connectivity index (χ1) is 14.6. The average Bonchev–Trinajstić information content (AvgIpc) is 3.39. The zero-order valence-corrected chi connectivity index (χ0v) is 17.9. The molecule has 0 saturated heterocycles. The van der Waals surface area contributed by atoms with Gasteiger partial charge < -0.3 is 8.83 Å². The molecule has 5 heteroatoms.